The van der Waals surface area contributed by atoms with Gasteiger partial charge in [-0.1, -0.05) is 40.2 Å². The highest BCUT2D eigenvalue weighted by atomic mass is 79.9. The van der Waals surface area contributed by atoms with E-state index < -0.39 is 0 Å². The van der Waals surface area contributed by atoms with E-state index >= 15 is 0 Å². The lowest BCUT2D eigenvalue weighted by Gasteiger charge is -2.15. The maximum Gasteiger partial charge on any atom is 0.224 e. The predicted octanol–water partition coefficient (Wildman–Crippen LogP) is 3.88. The summed E-state index contributed by atoms with van der Waals surface area (Å²) >= 11 is 3.38. The monoisotopic (exact) mass is 347 g/mol. The molecule has 0 radical (unpaired) electrons. The fourth-order valence-corrected chi connectivity index (χ4v) is 2.34. The Morgan fingerprint density at radius 1 is 1.24 bits per heavy atom. The second-order valence-corrected chi connectivity index (χ2v) is 5.78. The van der Waals surface area contributed by atoms with Crippen LogP contribution in [-0.4, -0.2) is 13.0 Å². The van der Waals surface area contributed by atoms with Crippen molar-refractivity contribution in [1.29, 1.82) is 0 Å². The van der Waals surface area contributed by atoms with Crippen molar-refractivity contribution in [3.05, 3.63) is 64.1 Å². The molecular weight excluding hydrogens is 330 g/mol. The zero-order chi connectivity index (χ0) is 15.2. The SMILES string of the molecule is COc1cccc([C@H](C)NC(=O)Cc2ccc(Br)cc2)c1. The molecule has 0 heterocycles. The molecule has 0 spiro atoms. The van der Waals surface area contributed by atoms with E-state index in [2.05, 4.69) is 21.2 Å². The van der Waals surface area contributed by atoms with Crippen molar-refractivity contribution in [2.45, 2.75) is 19.4 Å². The van der Waals surface area contributed by atoms with Crippen LogP contribution in [0.1, 0.15) is 24.1 Å². The highest BCUT2D eigenvalue weighted by molar-refractivity contribution is 9.10. The first-order valence-corrected chi connectivity index (χ1v) is 7.55. The Hall–Kier alpha value is -1.81. The van der Waals surface area contributed by atoms with Gasteiger partial charge in [-0.15, -0.1) is 0 Å². The minimum Gasteiger partial charge on any atom is -0.497 e. The molecule has 0 aromatic heterocycles. The molecule has 0 saturated carbocycles. The Bertz CT molecular complexity index is 610. The van der Waals surface area contributed by atoms with Crippen molar-refractivity contribution >= 4 is 21.8 Å². The predicted molar refractivity (Wildman–Crippen MR) is 87.4 cm³/mol. The fraction of sp³-hybridized carbons (Fsp3) is 0.235. The molecule has 1 N–H and O–H groups in total. The van der Waals surface area contributed by atoms with Crippen molar-refractivity contribution in [3.63, 3.8) is 0 Å². The van der Waals surface area contributed by atoms with E-state index in [9.17, 15) is 4.79 Å². The van der Waals surface area contributed by atoms with Crippen LogP contribution >= 0.6 is 15.9 Å². The van der Waals surface area contributed by atoms with Gasteiger partial charge in [-0.2, -0.15) is 0 Å². The molecule has 1 amide bonds. The molecule has 21 heavy (non-hydrogen) atoms. The van der Waals surface area contributed by atoms with E-state index in [-0.39, 0.29) is 11.9 Å². The lowest BCUT2D eigenvalue weighted by atomic mass is 10.1. The molecule has 1 atom stereocenters. The van der Waals surface area contributed by atoms with Crippen LogP contribution in [0.5, 0.6) is 5.75 Å². The lowest BCUT2D eigenvalue weighted by Crippen LogP contribution is -2.28. The molecule has 2 rings (SSSR count). The zero-order valence-electron chi connectivity index (χ0n) is 12.1. The number of carbonyl (C=O) groups is 1. The Labute approximate surface area is 133 Å². The topological polar surface area (TPSA) is 38.3 Å². The van der Waals surface area contributed by atoms with Crippen molar-refractivity contribution in [1.82, 2.24) is 5.32 Å². The average Bonchev–Trinajstić information content (AvgIpc) is 2.49. The molecule has 0 saturated heterocycles. The number of ether oxygens (including phenoxy) is 1. The molecular formula is C17H18BrNO2. The maximum absolute atomic E-state index is 12.1. The van der Waals surface area contributed by atoms with Gasteiger partial charge in [-0.25, -0.2) is 0 Å². The van der Waals surface area contributed by atoms with Gasteiger partial charge in [0.1, 0.15) is 5.75 Å². The molecule has 0 bridgehead atoms. The first-order valence-electron chi connectivity index (χ1n) is 6.76. The second-order valence-electron chi connectivity index (χ2n) is 4.87. The van der Waals surface area contributed by atoms with Crippen LogP contribution in [0.2, 0.25) is 0 Å². The van der Waals surface area contributed by atoms with Gasteiger partial charge in [-0.3, -0.25) is 4.79 Å². The number of hydrogen-bond acceptors (Lipinski definition) is 2. The van der Waals surface area contributed by atoms with Gasteiger partial charge >= 0.3 is 0 Å². The van der Waals surface area contributed by atoms with Crippen LogP contribution in [0.4, 0.5) is 0 Å². The molecule has 2 aromatic carbocycles. The molecule has 0 fully saturated rings. The molecule has 0 aliphatic heterocycles. The second kappa shape index (κ2) is 7.27. The van der Waals surface area contributed by atoms with E-state index in [1.165, 1.54) is 0 Å². The molecule has 3 nitrogen and oxygen atoms in total. The number of hydrogen-bond donors (Lipinski definition) is 1. The van der Waals surface area contributed by atoms with Gasteiger partial charge in [0.25, 0.3) is 0 Å². The maximum atomic E-state index is 12.1. The quantitative estimate of drug-likeness (QED) is 0.891. The summed E-state index contributed by atoms with van der Waals surface area (Å²) in [5, 5.41) is 3.00. The number of amides is 1. The smallest absolute Gasteiger partial charge is 0.224 e. The van der Waals surface area contributed by atoms with E-state index in [1.54, 1.807) is 7.11 Å². The van der Waals surface area contributed by atoms with E-state index in [1.807, 2.05) is 55.5 Å². The van der Waals surface area contributed by atoms with Gasteiger partial charge in [-0.05, 0) is 42.3 Å². The summed E-state index contributed by atoms with van der Waals surface area (Å²) in [5.41, 5.74) is 2.02. The number of rotatable bonds is 5. The van der Waals surface area contributed by atoms with E-state index in [4.69, 9.17) is 4.74 Å². The lowest BCUT2D eigenvalue weighted by molar-refractivity contribution is -0.121. The Morgan fingerprint density at radius 3 is 2.62 bits per heavy atom. The van der Waals surface area contributed by atoms with Crippen molar-refractivity contribution in [3.8, 4) is 5.75 Å². The van der Waals surface area contributed by atoms with Crippen LogP contribution in [0.15, 0.2) is 53.0 Å². The largest absolute Gasteiger partial charge is 0.497 e. The standard InChI is InChI=1S/C17H18BrNO2/c1-12(14-4-3-5-16(11-14)21-2)19-17(20)10-13-6-8-15(18)9-7-13/h3-9,11-12H,10H2,1-2H3,(H,19,20)/t12-/m0/s1. The minimum atomic E-state index is -0.0527. The first kappa shape index (κ1) is 15.6. The molecule has 4 heteroatoms. The Morgan fingerprint density at radius 2 is 1.95 bits per heavy atom. The van der Waals surface area contributed by atoms with Crippen LogP contribution in [0.25, 0.3) is 0 Å². The molecule has 110 valence electrons. The summed E-state index contributed by atoms with van der Waals surface area (Å²) in [6.07, 6.45) is 0.377. The molecule has 2 aromatic rings. The Kier molecular flexibility index (Phi) is 5.39. The van der Waals surface area contributed by atoms with Crippen LogP contribution in [0.3, 0.4) is 0 Å². The Balaban J connectivity index is 1.96. The van der Waals surface area contributed by atoms with Gasteiger partial charge < -0.3 is 10.1 Å². The van der Waals surface area contributed by atoms with Gasteiger partial charge in [0, 0.05) is 4.47 Å². The fourth-order valence-electron chi connectivity index (χ4n) is 2.07. The van der Waals surface area contributed by atoms with E-state index in [0.29, 0.717) is 6.42 Å². The zero-order valence-corrected chi connectivity index (χ0v) is 13.7. The molecule has 0 aliphatic carbocycles. The van der Waals surface area contributed by atoms with Crippen molar-refractivity contribution in [2.75, 3.05) is 7.11 Å². The average molecular weight is 348 g/mol. The first-order chi connectivity index (χ1) is 10.1. The van der Waals surface area contributed by atoms with Crippen LogP contribution in [0, 0.1) is 0 Å². The van der Waals surface area contributed by atoms with Gasteiger partial charge in [0.05, 0.1) is 19.6 Å². The highest BCUT2D eigenvalue weighted by Gasteiger charge is 2.10. The third-order valence-electron chi connectivity index (χ3n) is 3.25. The molecule has 0 aliphatic rings. The summed E-state index contributed by atoms with van der Waals surface area (Å²) in [4.78, 5) is 12.1. The summed E-state index contributed by atoms with van der Waals surface area (Å²) in [5.74, 6) is 0.800. The number of halogens is 1. The normalized spacial score (nSPS) is 11.8. The van der Waals surface area contributed by atoms with Crippen molar-refractivity contribution in [2.24, 2.45) is 0 Å². The number of nitrogens with one attached hydrogen (secondary N) is 1. The third kappa shape index (κ3) is 4.60. The summed E-state index contributed by atoms with van der Waals surface area (Å²) in [6.45, 7) is 1.97. The number of carbonyl (C=O) groups excluding carboxylic acids is 1. The molecule has 0 unspecified atom stereocenters. The number of methoxy groups -OCH3 is 1. The summed E-state index contributed by atoms with van der Waals surface area (Å²) in [6, 6.07) is 15.4. The van der Waals surface area contributed by atoms with Crippen molar-refractivity contribution < 1.29 is 9.53 Å². The van der Waals surface area contributed by atoms with Crippen LogP contribution in [-0.2, 0) is 11.2 Å². The summed E-state index contributed by atoms with van der Waals surface area (Å²) in [7, 11) is 1.63. The van der Waals surface area contributed by atoms with Gasteiger partial charge in [0.15, 0.2) is 0 Å². The minimum absolute atomic E-state index is 0.00708. The summed E-state index contributed by atoms with van der Waals surface area (Å²) < 4.78 is 6.21. The highest BCUT2D eigenvalue weighted by Crippen LogP contribution is 2.19. The van der Waals surface area contributed by atoms with Crippen LogP contribution < -0.4 is 10.1 Å². The van der Waals surface area contributed by atoms with E-state index in [0.717, 1.165) is 21.3 Å². The van der Waals surface area contributed by atoms with Gasteiger partial charge in [0.2, 0.25) is 5.91 Å². The number of benzene rings is 2. The third-order valence-corrected chi connectivity index (χ3v) is 3.78.